The number of nitrogens with zero attached hydrogens (tertiary/aromatic N) is 2. The smallest absolute Gasteiger partial charge is 0.0743 e. The molecule has 1 aliphatic carbocycles. The largest absolute Gasteiger partial charge is 0.260 e. The number of aromatic nitrogens is 2. The summed E-state index contributed by atoms with van der Waals surface area (Å²) in [6.45, 7) is 2.29. The van der Waals surface area contributed by atoms with Crippen molar-refractivity contribution in [2.24, 2.45) is 0 Å². The van der Waals surface area contributed by atoms with Crippen LogP contribution in [0.2, 0.25) is 0 Å². The van der Waals surface area contributed by atoms with Gasteiger partial charge in [-0.05, 0) is 29.3 Å². The Morgan fingerprint density at radius 1 is 1.00 bits per heavy atom. The van der Waals surface area contributed by atoms with Crippen LogP contribution in [0.4, 0.5) is 0 Å². The van der Waals surface area contributed by atoms with Gasteiger partial charge in [0.05, 0.1) is 11.4 Å². The summed E-state index contributed by atoms with van der Waals surface area (Å²) in [6.07, 6.45) is 3.79. The summed E-state index contributed by atoms with van der Waals surface area (Å²) in [5.74, 6) is 1.35. The van der Waals surface area contributed by atoms with E-state index in [4.69, 9.17) is 0 Å². The van der Waals surface area contributed by atoms with Gasteiger partial charge < -0.3 is 0 Å². The summed E-state index contributed by atoms with van der Waals surface area (Å²) < 4.78 is 0. The quantitative estimate of drug-likeness (QED) is 0.592. The Kier molecular flexibility index (Phi) is 2.50. The maximum absolute atomic E-state index is 4.63. The Morgan fingerprint density at radius 3 is 2.82 bits per heavy atom. The van der Waals surface area contributed by atoms with E-state index in [-0.39, 0.29) is 0 Å². The zero-order chi connectivity index (χ0) is 14.7. The van der Waals surface area contributed by atoms with Crippen LogP contribution < -0.4 is 0 Å². The van der Waals surface area contributed by atoms with Crippen LogP contribution in [0.5, 0.6) is 0 Å². The molecule has 3 heterocycles. The molecule has 5 rings (SSSR count). The van der Waals surface area contributed by atoms with Gasteiger partial charge in [0, 0.05) is 45.7 Å². The Morgan fingerprint density at radius 2 is 1.86 bits per heavy atom. The molecular weight excluding hydrogens is 288 g/mol. The lowest BCUT2D eigenvalue weighted by Gasteiger charge is -2.23. The lowest BCUT2D eigenvalue weighted by molar-refractivity contribution is 0.947. The number of fused-ring (bicyclic) bond motifs is 7. The molecule has 3 aromatic rings. The predicted molar refractivity (Wildman–Crippen MR) is 90.0 cm³/mol. The molecule has 106 valence electrons. The van der Waals surface area contributed by atoms with Crippen LogP contribution in [-0.2, 0) is 5.75 Å². The summed E-state index contributed by atoms with van der Waals surface area (Å²) in [4.78, 5) is 10.6. The molecule has 0 radical (unpaired) electrons. The molecule has 0 bridgehead atoms. The van der Waals surface area contributed by atoms with Crippen LogP contribution in [0, 0.1) is 0 Å². The summed E-state index contributed by atoms with van der Waals surface area (Å²) in [5.41, 5.74) is 9.08. The zero-order valence-corrected chi connectivity index (χ0v) is 13.0. The van der Waals surface area contributed by atoms with E-state index in [0.717, 1.165) is 11.4 Å². The molecule has 0 spiro atoms. The molecule has 1 aliphatic heterocycles. The van der Waals surface area contributed by atoms with Crippen LogP contribution in [0.1, 0.15) is 29.7 Å². The molecule has 0 amide bonds. The number of rotatable bonds is 0. The van der Waals surface area contributed by atoms with Crippen molar-refractivity contribution in [3.05, 3.63) is 65.6 Å². The third-order valence-electron chi connectivity index (χ3n) is 4.72. The second-order valence-electron chi connectivity index (χ2n) is 5.85. The first-order chi connectivity index (χ1) is 10.8. The van der Waals surface area contributed by atoms with Gasteiger partial charge in [0.2, 0.25) is 0 Å². The maximum Gasteiger partial charge on any atom is 0.0743 e. The molecule has 0 N–H and O–H groups in total. The minimum atomic E-state index is 0.389. The molecule has 2 aromatic heterocycles. The van der Waals surface area contributed by atoms with Crippen molar-refractivity contribution in [2.75, 3.05) is 0 Å². The third kappa shape index (κ3) is 1.52. The second-order valence-corrected chi connectivity index (χ2v) is 6.87. The summed E-state index contributed by atoms with van der Waals surface area (Å²) in [5, 5.41) is 0. The monoisotopic (exact) mass is 302 g/mol. The predicted octanol–water partition coefficient (Wildman–Crippen LogP) is 4.88. The van der Waals surface area contributed by atoms with E-state index in [1.165, 1.54) is 38.4 Å². The first-order valence-electron chi connectivity index (χ1n) is 7.54. The Bertz CT molecular complexity index is 917. The molecular formula is C19H14N2S. The summed E-state index contributed by atoms with van der Waals surface area (Å²) >= 11 is 1.90. The van der Waals surface area contributed by atoms with E-state index in [9.17, 15) is 0 Å². The lowest BCUT2D eigenvalue weighted by atomic mass is 9.90. The number of hydrogen-bond donors (Lipinski definition) is 0. The van der Waals surface area contributed by atoms with Gasteiger partial charge in [-0.25, -0.2) is 0 Å². The lowest BCUT2D eigenvalue weighted by Crippen LogP contribution is -2.03. The molecule has 0 saturated carbocycles. The van der Waals surface area contributed by atoms with Gasteiger partial charge in [0.15, 0.2) is 0 Å². The van der Waals surface area contributed by atoms with E-state index in [1.807, 2.05) is 36.3 Å². The third-order valence-corrected chi connectivity index (χ3v) is 5.79. The second kappa shape index (κ2) is 4.43. The number of pyridine rings is 2. The van der Waals surface area contributed by atoms with Crippen LogP contribution >= 0.6 is 11.8 Å². The molecule has 0 fully saturated rings. The van der Waals surface area contributed by atoms with Gasteiger partial charge in [-0.1, -0.05) is 25.1 Å². The highest BCUT2D eigenvalue weighted by Gasteiger charge is 2.32. The number of benzene rings is 1. The van der Waals surface area contributed by atoms with Crippen molar-refractivity contribution < 1.29 is 0 Å². The Hall–Kier alpha value is -2.13. The topological polar surface area (TPSA) is 25.8 Å². The SMILES string of the molecule is CC1c2cccnc2-c2ccc3c(c21)-c1cccnc1CS3. The first-order valence-corrected chi connectivity index (χ1v) is 8.52. The molecule has 1 unspecified atom stereocenters. The minimum Gasteiger partial charge on any atom is -0.260 e. The van der Waals surface area contributed by atoms with E-state index < -0.39 is 0 Å². The van der Waals surface area contributed by atoms with Crippen molar-refractivity contribution >= 4 is 11.8 Å². The van der Waals surface area contributed by atoms with Crippen molar-refractivity contribution in [1.82, 2.24) is 9.97 Å². The minimum absolute atomic E-state index is 0.389. The average molecular weight is 302 g/mol. The van der Waals surface area contributed by atoms with E-state index >= 15 is 0 Å². The van der Waals surface area contributed by atoms with Gasteiger partial charge >= 0.3 is 0 Å². The van der Waals surface area contributed by atoms with Crippen molar-refractivity contribution in [2.45, 2.75) is 23.5 Å². The van der Waals surface area contributed by atoms with Crippen LogP contribution in [0.25, 0.3) is 22.4 Å². The molecule has 3 heteroatoms. The first kappa shape index (κ1) is 12.4. The molecule has 22 heavy (non-hydrogen) atoms. The zero-order valence-electron chi connectivity index (χ0n) is 12.2. The maximum atomic E-state index is 4.63. The molecule has 1 aromatic carbocycles. The Labute approximate surface area is 133 Å². The number of thioether (sulfide) groups is 1. The van der Waals surface area contributed by atoms with Gasteiger partial charge in [0.1, 0.15) is 0 Å². The molecule has 1 atom stereocenters. The standard InChI is InChI=1S/C19H14N2S/c1-11-12-4-2-9-21-19(12)14-6-7-16-18(17(11)14)13-5-3-8-20-15(13)10-22-16/h2-9,11H,10H2,1H3. The van der Waals surface area contributed by atoms with Crippen molar-refractivity contribution in [3.63, 3.8) is 0 Å². The van der Waals surface area contributed by atoms with Gasteiger partial charge in [0.25, 0.3) is 0 Å². The van der Waals surface area contributed by atoms with Crippen LogP contribution in [-0.4, -0.2) is 9.97 Å². The van der Waals surface area contributed by atoms with E-state index in [2.05, 4.69) is 41.2 Å². The van der Waals surface area contributed by atoms with Crippen molar-refractivity contribution in [3.8, 4) is 22.4 Å². The fourth-order valence-electron chi connectivity index (χ4n) is 3.73. The highest BCUT2D eigenvalue weighted by molar-refractivity contribution is 7.98. The fraction of sp³-hybridized carbons (Fsp3) is 0.158. The normalized spacial score (nSPS) is 17.4. The molecule has 0 saturated heterocycles. The Balaban J connectivity index is 1.87. The highest BCUT2D eigenvalue weighted by Crippen LogP contribution is 2.52. The van der Waals surface area contributed by atoms with Gasteiger partial charge in [-0.2, -0.15) is 0 Å². The summed E-state index contributed by atoms with van der Waals surface area (Å²) in [6, 6.07) is 13.0. The van der Waals surface area contributed by atoms with E-state index in [1.54, 1.807) is 0 Å². The van der Waals surface area contributed by atoms with Crippen LogP contribution in [0.15, 0.2) is 53.7 Å². The van der Waals surface area contributed by atoms with Gasteiger partial charge in [-0.15, -0.1) is 11.8 Å². The van der Waals surface area contributed by atoms with Crippen LogP contribution in [0.3, 0.4) is 0 Å². The van der Waals surface area contributed by atoms with Gasteiger partial charge in [-0.3, -0.25) is 9.97 Å². The number of hydrogen-bond acceptors (Lipinski definition) is 3. The van der Waals surface area contributed by atoms with Crippen molar-refractivity contribution in [1.29, 1.82) is 0 Å². The summed E-state index contributed by atoms with van der Waals surface area (Å²) in [7, 11) is 0. The average Bonchev–Trinajstić information content (AvgIpc) is 2.88. The molecule has 2 nitrogen and oxygen atoms in total. The van der Waals surface area contributed by atoms with E-state index in [0.29, 0.717) is 5.92 Å². The fourth-order valence-corrected chi connectivity index (χ4v) is 4.78. The molecule has 2 aliphatic rings. The highest BCUT2D eigenvalue weighted by atomic mass is 32.2.